The molecule has 1 N–H and O–H groups in total. The average Bonchev–Trinajstić information content (AvgIpc) is 2.37. The molecule has 0 spiro atoms. The Hall–Kier alpha value is -1.38. The molecule has 1 aromatic rings. The summed E-state index contributed by atoms with van der Waals surface area (Å²) in [6.07, 6.45) is -3.33. The fourth-order valence-corrected chi connectivity index (χ4v) is 3.21. The van der Waals surface area contributed by atoms with E-state index in [-0.39, 0.29) is 18.7 Å². The minimum atomic E-state index is -4.63. The highest BCUT2D eigenvalue weighted by molar-refractivity contribution is 7.89. The van der Waals surface area contributed by atoms with Crippen LogP contribution in [-0.2, 0) is 16.2 Å². The summed E-state index contributed by atoms with van der Waals surface area (Å²) >= 11 is 0. The summed E-state index contributed by atoms with van der Waals surface area (Å²) in [5.74, 6) is 0. The van der Waals surface area contributed by atoms with E-state index in [0.29, 0.717) is 6.07 Å². The van der Waals surface area contributed by atoms with Crippen molar-refractivity contribution in [2.75, 3.05) is 19.7 Å². The molecule has 0 amide bonds. The standard InChI is InChI=1S/C13H16F3NO3S/c1-3-6-17(7-8-18)21(19,20)11-5-4-10(2)12(9-11)13(14,15)16/h3-5,9,18H,1,6-8H2,2H3. The van der Waals surface area contributed by atoms with Gasteiger partial charge in [0.1, 0.15) is 0 Å². The van der Waals surface area contributed by atoms with Crippen molar-refractivity contribution in [1.29, 1.82) is 0 Å². The van der Waals surface area contributed by atoms with Crippen LogP contribution in [0, 0.1) is 6.92 Å². The summed E-state index contributed by atoms with van der Waals surface area (Å²) in [5.41, 5.74) is -1.05. The van der Waals surface area contributed by atoms with Crippen LogP contribution in [0.3, 0.4) is 0 Å². The van der Waals surface area contributed by atoms with Crippen LogP contribution >= 0.6 is 0 Å². The predicted molar refractivity (Wildman–Crippen MR) is 72.2 cm³/mol. The van der Waals surface area contributed by atoms with Gasteiger partial charge in [-0.15, -0.1) is 6.58 Å². The van der Waals surface area contributed by atoms with Crippen LogP contribution in [0.2, 0.25) is 0 Å². The van der Waals surface area contributed by atoms with Crippen molar-refractivity contribution >= 4 is 10.0 Å². The van der Waals surface area contributed by atoms with Gasteiger partial charge in [0.05, 0.1) is 17.1 Å². The molecule has 0 unspecified atom stereocenters. The summed E-state index contributed by atoms with van der Waals surface area (Å²) in [6, 6.07) is 2.84. The molecule has 0 aliphatic rings. The molecular formula is C13H16F3NO3S. The Morgan fingerprint density at radius 3 is 2.48 bits per heavy atom. The lowest BCUT2D eigenvalue weighted by Crippen LogP contribution is -2.34. The van der Waals surface area contributed by atoms with E-state index in [2.05, 4.69) is 6.58 Å². The van der Waals surface area contributed by atoms with Gasteiger partial charge in [-0.1, -0.05) is 12.1 Å². The SMILES string of the molecule is C=CCN(CCO)S(=O)(=O)c1ccc(C)c(C(F)(F)F)c1. The predicted octanol–water partition coefficient (Wildman–Crippen LogP) is 2.18. The van der Waals surface area contributed by atoms with Crippen LogP contribution in [0.25, 0.3) is 0 Å². The third-order valence-electron chi connectivity index (χ3n) is 2.83. The normalized spacial score (nSPS) is 12.7. The fourth-order valence-electron chi connectivity index (χ4n) is 1.78. The molecule has 0 saturated carbocycles. The molecule has 1 rings (SSSR count). The molecule has 0 fully saturated rings. The molecule has 118 valence electrons. The number of nitrogens with zero attached hydrogens (tertiary/aromatic N) is 1. The van der Waals surface area contributed by atoms with Crippen molar-refractivity contribution in [3.8, 4) is 0 Å². The second kappa shape index (κ2) is 6.59. The highest BCUT2D eigenvalue weighted by Crippen LogP contribution is 2.33. The van der Waals surface area contributed by atoms with Gasteiger partial charge in [-0.2, -0.15) is 17.5 Å². The number of aliphatic hydroxyl groups excluding tert-OH is 1. The summed E-state index contributed by atoms with van der Waals surface area (Å²) < 4.78 is 64.0. The van der Waals surface area contributed by atoms with Gasteiger partial charge in [0.25, 0.3) is 0 Å². The maximum Gasteiger partial charge on any atom is 0.416 e. The van der Waals surface area contributed by atoms with Crippen LogP contribution < -0.4 is 0 Å². The van der Waals surface area contributed by atoms with E-state index < -0.39 is 33.3 Å². The average molecular weight is 323 g/mol. The first kappa shape index (κ1) is 17.7. The number of halogens is 3. The first-order valence-corrected chi connectivity index (χ1v) is 7.48. The Morgan fingerprint density at radius 2 is 2.00 bits per heavy atom. The van der Waals surface area contributed by atoms with Gasteiger partial charge < -0.3 is 5.11 Å². The number of benzene rings is 1. The molecule has 1 aromatic carbocycles. The molecule has 0 aliphatic carbocycles. The summed E-state index contributed by atoms with van der Waals surface area (Å²) in [6.45, 7) is 3.89. The Bertz CT molecular complexity index is 612. The van der Waals surface area contributed by atoms with Crippen LogP contribution in [-0.4, -0.2) is 37.5 Å². The van der Waals surface area contributed by atoms with Gasteiger partial charge in [-0.3, -0.25) is 0 Å². The topological polar surface area (TPSA) is 57.6 Å². The molecule has 21 heavy (non-hydrogen) atoms. The molecule has 4 nitrogen and oxygen atoms in total. The number of sulfonamides is 1. The van der Waals surface area contributed by atoms with Crippen molar-refractivity contribution in [3.05, 3.63) is 42.0 Å². The Balaban J connectivity index is 3.34. The maximum absolute atomic E-state index is 12.8. The summed E-state index contributed by atoms with van der Waals surface area (Å²) in [5, 5.41) is 8.88. The van der Waals surface area contributed by atoms with Gasteiger partial charge in [-0.05, 0) is 24.6 Å². The van der Waals surface area contributed by atoms with Crippen molar-refractivity contribution in [1.82, 2.24) is 4.31 Å². The van der Waals surface area contributed by atoms with E-state index in [1.807, 2.05) is 0 Å². The zero-order chi connectivity index (χ0) is 16.3. The van der Waals surface area contributed by atoms with E-state index >= 15 is 0 Å². The molecular weight excluding hydrogens is 307 g/mol. The minimum absolute atomic E-state index is 0.0566. The number of aliphatic hydroxyl groups is 1. The lowest BCUT2D eigenvalue weighted by Gasteiger charge is -2.20. The van der Waals surface area contributed by atoms with Crippen LogP contribution in [0.15, 0.2) is 35.7 Å². The number of rotatable bonds is 6. The maximum atomic E-state index is 12.8. The van der Waals surface area contributed by atoms with Crippen molar-refractivity contribution in [3.63, 3.8) is 0 Å². The Kier molecular flexibility index (Phi) is 5.54. The highest BCUT2D eigenvalue weighted by atomic mass is 32.2. The summed E-state index contributed by atoms with van der Waals surface area (Å²) in [4.78, 5) is -0.462. The molecule has 0 saturated heterocycles. The lowest BCUT2D eigenvalue weighted by atomic mass is 10.1. The van der Waals surface area contributed by atoms with Crippen LogP contribution in [0.5, 0.6) is 0 Å². The van der Waals surface area contributed by atoms with Gasteiger partial charge >= 0.3 is 6.18 Å². The Morgan fingerprint density at radius 1 is 1.38 bits per heavy atom. The van der Waals surface area contributed by atoms with E-state index in [1.165, 1.54) is 13.0 Å². The fraction of sp³-hybridized carbons (Fsp3) is 0.385. The molecule has 0 radical (unpaired) electrons. The summed E-state index contributed by atoms with van der Waals surface area (Å²) in [7, 11) is -4.12. The number of hydrogen-bond donors (Lipinski definition) is 1. The van der Waals surface area contributed by atoms with Crippen molar-refractivity contribution in [2.45, 2.75) is 18.0 Å². The monoisotopic (exact) mass is 323 g/mol. The quantitative estimate of drug-likeness (QED) is 0.817. The van der Waals surface area contributed by atoms with Gasteiger partial charge in [0.2, 0.25) is 10.0 Å². The van der Waals surface area contributed by atoms with Crippen LogP contribution in [0.1, 0.15) is 11.1 Å². The van der Waals surface area contributed by atoms with E-state index in [9.17, 15) is 21.6 Å². The third kappa shape index (κ3) is 4.05. The lowest BCUT2D eigenvalue weighted by molar-refractivity contribution is -0.138. The first-order chi connectivity index (χ1) is 9.64. The zero-order valence-corrected chi connectivity index (χ0v) is 12.2. The number of aryl methyl sites for hydroxylation is 1. The van der Waals surface area contributed by atoms with Gasteiger partial charge in [0, 0.05) is 13.1 Å². The van der Waals surface area contributed by atoms with Gasteiger partial charge in [-0.25, -0.2) is 8.42 Å². The molecule has 0 heterocycles. The number of hydrogen-bond acceptors (Lipinski definition) is 3. The second-order valence-electron chi connectivity index (χ2n) is 4.35. The van der Waals surface area contributed by atoms with Gasteiger partial charge in [0.15, 0.2) is 0 Å². The second-order valence-corrected chi connectivity index (χ2v) is 6.29. The smallest absolute Gasteiger partial charge is 0.395 e. The van der Waals surface area contributed by atoms with Crippen LogP contribution in [0.4, 0.5) is 13.2 Å². The van der Waals surface area contributed by atoms with Crippen molar-refractivity contribution < 1.29 is 26.7 Å². The minimum Gasteiger partial charge on any atom is -0.395 e. The zero-order valence-electron chi connectivity index (χ0n) is 11.4. The van der Waals surface area contributed by atoms with E-state index in [0.717, 1.165) is 16.4 Å². The largest absolute Gasteiger partial charge is 0.416 e. The highest BCUT2D eigenvalue weighted by Gasteiger charge is 2.34. The van der Waals surface area contributed by atoms with E-state index in [4.69, 9.17) is 5.11 Å². The third-order valence-corrected chi connectivity index (χ3v) is 4.70. The number of alkyl halides is 3. The Labute approximate surface area is 121 Å². The molecule has 0 aromatic heterocycles. The van der Waals surface area contributed by atoms with E-state index in [1.54, 1.807) is 0 Å². The molecule has 8 heteroatoms. The molecule has 0 aliphatic heterocycles. The van der Waals surface area contributed by atoms with Crippen molar-refractivity contribution in [2.24, 2.45) is 0 Å². The molecule has 0 bridgehead atoms. The first-order valence-electron chi connectivity index (χ1n) is 6.04. The molecule has 0 atom stereocenters.